The van der Waals surface area contributed by atoms with Gasteiger partial charge in [0.1, 0.15) is 17.3 Å². The van der Waals surface area contributed by atoms with Crippen LogP contribution in [0.25, 0.3) is 0 Å². The first-order chi connectivity index (χ1) is 13.7. The van der Waals surface area contributed by atoms with Crippen LogP contribution in [0.1, 0.15) is 41.2 Å². The summed E-state index contributed by atoms with van der Waals surface area (Å²) in [4.78, 5) is 15.0. The lowest BCUT2D eigenvalue weighted by atomic mass is 9.86. The van der Waals surface area contributed by atoms with Gasteiger partial charge in [-0.25, -0.2) is 4.39 Å². The van der Waals surface area contributed by atoms with Crippen LogP contribution in [0, 0.1) is 26.6 Å². The van der Waals surface area contributed by atoms with Gasteiger partial charge in [0, 0.05) is 25.1 Å². The van der Waals surface area contributed by atoms with Crippen molar-refractivity contribution < 1.29 is 24.1 Å². The minimum atomic E-state index is -1.08. The van der Waals surface area contributed by atoms with E-state index in [-0.39, 0.29) is 37.2 Å². The summed E-state index contributed by atoms with van der Waals surface area (Å²) in [6, 6.07) is 5.97. The first-order valence-electron chi connectivity index (χ1n) is 9.83. The third-order valence-corrected chi connectivity index (χ3v) is 5.92. The summed E-state index contributed by atoms with van der Waals surface area (Å²) in [5.41, 5.74) is 2.99. The fourth-order valence-corrected chi connectivity index (χ4v) is 3.92. The van der Waals surface area contributed by atoms with Crippen molar-refractivity contribution in [1.29, 1.82) is 0 Å². The van der Waals surface area contributed by atoms with Crippen molar-refractivity contribution in [3.8, 4) is 11.5 Å². The largest absolute Gasteiger partial charge is 0.507 e. The van der Waals surface area contributed by atoms with Crippen LogP contribution in [0.4, 0.5) is 4.39 Å². The van der Waals surface area contributed by atoms with E-state index >= 15 is 0 Å². The number of benzene rings is 2. The molecule has 0 aliphatic carbocycles. The molecule has 0 spiro atoms. The Kier molecular flexibility index (Phi) is 5.85. The van der Waals surface area contributed by atoms with E-state index in [1.165, 1.54) is 12.1 Å². The zero-order valence-corrected chi connectivity index (χ0v) is 17.4. The van der Waals surface area contributed by atoms with Crippen LogP contribution in [0.5, 0.6) is 11.5 Å². The van der Waals surface area contributed by atoms with Crippen LogP contribution in [-0.4, -0.2) is 39.8 Å². The Morgan fingerprint density at radius 1 is 1.17 bits per heavy atom. The Bertz CT molecular complexity index is 926. The number of fused-ring (bicyclic) bond motifs is 1. The molecule has 0 saturated carbocycles. The number of amides is 1. The van der Waals surface area contributed by atoms with Gasteiger partial charge in [0.2, 0.25) is 0 Å². The van der Waals surface area contributed by atoms with Crippen LogP contribution in [-0.2, 0) is 17.8 Å². The summed E-state index contributed by atoms with van der Waals surface area (Å²) in [6.45, 7) is 7.60. The minimum Gasteiger partial charge on any atom is -0.507 e. The molecule has 1 amide bonds. The van der Waals surface area contributed by atoms with Crippen LogP contribution in [0.3, 0.4) is 0 Å². The van der Waals surface area contributed by atoms with E-state index in [0.717, 1.165) is 27.8 Å². The number of rotatable bonds is 5. The molecule has 2 aromatic carbocycles. The molecule has 2 aromatic rings. The molecule has 1 aliphatic heterocycles. The van der Waals surface area contributed by atoms with Gasteiger partial charge in [-0.05, 0) is 68.5 Å². The zero-order valence-electron chi connectivity index (χ0n) is 17.4. The van der Waals surface area contributed by atoms with Gasteiger partial charge >= 0.3 is 0 Å². The number of carbonyl (C=O) groups is 1. The molecule has 0 saturated heterocycles. The maximum absolute atomic E-state index is 13.4. The number of nitrogens with zero attached hydrogens (tertiary/aromatic N) is 1. The summed E-state index contributed by atoms with van der Waals surface area (Å²) in [5, 5.41) is 19.8. The molecule has 0 aromatic heterocycles. The van der Waals surface area contributed by atoms with Gasteiger partial charge in [-0.3, -0.25) is 4.79 Å². The maximum atomic E-state index is 13.4. The molecular weight excluding hydrogens is 373 g/mol. The molecular formula is C23H28FNO4. The monoisotopic (exact) mass is 401 g/mol. The molecule has 1 atom stereocenters. The van der Waals surface area contributed by atoms with E-state index in [1.54, 1.807) is 24.0 Å². The summed E-state index contributed by atoms with van der Waals surface area (Å²) in [7, 11) is 0. The molecule has 0 fully saturated rings. The molecule has 0 bridgehead atoms. The standard InChI is InChI=1S/C23H28FNO4/c1-14-15(2)21-19(16(3)20(14)27)9-10-23(4,29-21)22(28)25(11-12-26)13-17-5-7-18(24)8-6-17/h5-8,26-27H,9-13H2,1-4H3. The second-order valence-corrected chi connectivity index (χ2v) is 7.94. The summed E-state index contributed by atoms with van der Waals surface area (Å²) >= 11 is 0. The number of ether oxygens (including phenoxy) is 1. The number of hydrogen-bond acceptors (Lipinski definition) is 4. The quantitative estimate of drug-likeness (QED) is 0.804. The summed E-state index contributed by atoms with van der Waals surface area (Å²) in [6.07, 6.45) is 1.08. The van der Waals surface area contributed by atoms with Crippen molar-refractivity contribution >= 4 is 5.91 Å². The average molecular weight is 401 g/mol. The van der Waals surface area contributed by atoms with Crippen molar-refractivity contribution in [3.63, 3.8) is 0 Å². The van der Waals surface area contributed by atoms with Crippen LogP contribution < -0.4 is 4.74 Å². The predicted molar refractivity (Wildman–Crippen MR) is 109 cm³/mol. The number of carbonyl (C=O) groups excluding carboxylic acids is 1. The highest BCUT2D eigenvalue weighted by atomic mass is 19.1. The van der Waals surface area contributed by atoms with E-state index in [4.69, 9.17) is 4.74 Å². The molecule has 5 nitrogen and oxygen atoms in total. The van der Waals surface area contributed by atoms with Crippen LogP contribution in [0.2, 0.25) is 0 Å². The Morgan fingerprint density at radius 2 is 1.83 bits per heavy atom. The molecule has 3 rings (SSSR count). The van der Waals surface area contributed by atoms with E-state index in [1.807, 2.05) is 20.8 Å². The highest BCUT2D eigenvalue weighted by Crippen LogP contribution is 2.43. The van der Waals surface area contributed by atoms with E-state index in [9.17, 15) is 19.4 Å². The predicted octanol–water partition coefficient (Wildman–Crippen LogP) is 3.56. The van der Waals surface area contributed by atoms with Crippen molar-refractivity contribution in [1.82, 2.24) is 4.90 Å². The van der Waals surface area contributed by atoms with Gasteiger partial charge in [0.05, 0.1) is 6.61 Å². The lowest BCUT2D eigenvalue weighted by Crippen LogP contribution is -2.53. The summed E-state index contributed by atoms with van der Waals surface area (Å²) < 4.78 is 19.5. The Balaban J connectivity index is 1.90. The van der Waals surface area contributed by atoms with Crippen molar-refractivity contribution in [3.05, 3.63) is 57.9 Å². The second-order valence-electron chi connectivity index (χ2n) is 7.94. The van der Waals surface area contributed by atoms with E-state index < -0.39 is 5.60 Å². The highest BCUT2D eigenvalue weighted by molar-refractivity contribution is 5.86. The number of aromatic hydroxyl groups is 1. The Morgan fingerprint density at radius 3 is 2.45 bits per heavy atom. The number of aliphatic hydroxyl groups is 1. The molecule has 156 valence electrons. The molecule has 2 N–H and O–H groups in total. The maximum Gasteiger partial charge on any atom is 0.266 e. The summed E-state index contributed by atoms with van der Waals surface area (Å²) in [5.74, 6) is 0.380. The molecule has 0 radical (unpaired) electrons. The van der Waals surface area contributed by atoms with Gasteiger partial charge in [-0.1, -0.05) is 12.1 Å². The van der Waals surface area contributed by atoms with Gasteiger partial charge in [-0.15, -0.1) is 0 Å². The Hall–Kier alpha value is -2.60. The number of aliphatic hydroxyl groups excluding tert-OH is 1. The molecule has 6 heteroatoms. The van der Waals surface area contributed by atoms with E-state index in [2.05, 4.69) is 0 Å². The fourth-order valence-electron chi connectivity index (χ4n) is 3.92. The lowest BCUT2D eigenvalue weighted by molar-refractivity contribution is -0.149. The van der Waals surface area contributed by atoms with E-state index in [0.29, 0.717) is 18.6 Å². The third kappa shape index (κ3) is 3.94. The normalized spacial score (nSPS) is 18.1. The van der Waals surface area contributed by atoms with Crippen molar-refractivity contribution in [2.75, 3.05) is 13.2 Å². The molecule has 1 aliphatic rings. The number of hydrogen-bond donors (Lipinski definition) is 2. The number of phenols is 1. The van der Waals surface area contributed by atoms with Gasteiger partial charge in [0.15, 0.2) is 5.60 Å². The smallest absolute Gasteiger partial charge is 0.266 e. The first-order valence-corrected chi connectivity index (χ1v) is 9.83. The van der Waals surface area contributed by atoms with Crippen LogP contribution in [0.15, 0.2) is 24.3 Å². The minimum absolute atomic E-state index is 0.161. The molecule has 29 heavy (non-hydrogen) atoms. The zero-order chi connectivity index (χ0) is 21.3. The third-order valence-electron chi connectivity index (χ3n) is 5.92. The van der Waals surface area contributed by atoms with Gasteiger partial charge in [0.25, 0.3) is 5.91 Å². The lowest BCUT2D eigenvalue weighted by Gasteiger charge is -2.39. The number of halogens is 1. The SMILES string of the molecule is Cc1c(C)c2c(c(C)c1O)CCC(C)(C(=O)N(CCO)Cc1ccc(F)cc1)O2. The molecule has 1 heterocycles. The Labute approximate surface area is 170 Å². The van der Waals surface area contributed by atoms with Gasteiger partial charge in [-0.2, -0.15) is 0 Å². The second kappa shape index (κ2) is 8.03. The topological polar surface area (TPSA) is 70.0 Å². The molecule has 1 unspecified atom stereocenters. The number of phenolic OH excluding ortho intramolecular Hbond substituents is 1. The van der Waals surface area contributed by atoms with Crippen molar-refractivity contribution in [2.45, 2.75) is 52.7 Å². The van der Waals surface area contributed by atoms with Gasteiger partial charge < -0.3 is 19.8 Å². The first kappa shape index (κ1) is 21.1. The fraction of sp³-hybridized carbons (Fsp3) is 0.435. The van der Waals surface area contributed by atoms with Crippen molar-refractivity contribution in [2.24, 2.45) is 0 Å². The highest BCUT2D eigenvalue weighted by Gasteiger charge is 2.43. The van der Waals surface area contributed by atoms with Crippen LogP contribution >= 0.6 is 0 Å². The average Bonchev–Trinajstić information content (AvgIpc) is 2.71.